The SMILES string of the molecule is CC1(C)[C@@H]2CC[C@@]1(C)[C@H](N1CCCCC1)[C@H]2O. The molecule has 0 unspecified atom stereocenters. The Balaban J connectivity index is 1.90. The molecule has 4 atom stereocenters. The van der Waals surface area contributed by atoms with Crippen LogP contribution >= 0.6 is 0 Å². The number of aliphatic hydroxyl groups excluding tert-OH is 1. The van der Waals surface area contributed by atoms with Crippen LogP contribution in [0.2, 0.25) is 0 Å². The summed E-state index contributed by atoms with van der Waals surface area (Å²) >= 11 is 0. The van der Waals surface area contributed by atoms with E-state index in [1.807, 2.05) is 0 Å². The number of hydrogen-bond donors (Lipinski definition) is 1. The van der Waals surface area contributed by atoms with E-state index in [1.54, 1.807) is 0 Å². The van der Waals surface area contributed by atoms with E-state index in [0.717, 1.165) is 0 Å². The van der Waals surface area contributed by atoms with Gasteiger partial charge in [-0.15, -0.1) is 0 Å². The maximum Gasteiger partial charge on any atom is 0.0734 e. The van der Waals surface area contributed by atoms with Crippen molar-refractivity contribution in [1.29, 1.82) is 0 Å². The van der Waals surface area contributed by atoms with Crippen molar-refractivity contribution in [3.8, 4) is 0 Å². The number of piperidine rings is 1. The summed E-state index contributed by atoms with van der Waals surface area (Å²) in [4.78, 5) is 2.61. The first-order chi connectivity index (χ1) is 7.98. The molecule has 1 aliphatic heterocycles. The quantitative estimate of drug-likeness (QED) is 0.758. The second-order valence-corrected chi connectivity index (χ2v) is 7.32. The molecule has 0 spiro atoms. The predicted octanol–water partition coefficient (Wildman–Crippen LogP) is 2.66. The Bertz CT molecular complexity index is 308. The lowest BCUT2D eigenvalue weighted by Gasteiger charge is -2.46. The van der Waals surface area contributed by atoms with Gasteiger partial charge in [-0.2, -0.15) is 0 Å². The van der Waals surface area contributed by atoms with Crippen LogP contribution in [-0.2, 0) is 0 Å². The summed E-state index contributed by atoms with van der Waals surface area (Å²) < 4.78 is 0. The number of likely N-dealkylation sites (tertiary alicyclic amines) is 1. The summed E-state index contributed by atoms with van der Waals surface area (Å²) in [5.41, 5.74) is 0.642. The third-order valence-corrected chi connectivity index (χ3v) is 6.55. The van der Waals surface area contributed by atoms with Crippen LogP contribution < -0.4 is 0 Å². The molecule has 0 aromatic carbocycles. The minimum atomic E-state index is -0.0816. The summed E-state index contributed by atoms with van der Waals surface area (Å²) in [5, 5.41) is 10.7. The Kier molecular flexibility index (Phi) is 2.61. The van der Waals surface area contributed by atoms with Crippen LogP contribution in [0.4, 0.5) is 0 Å². The fourth-order valence-corrected chi connectivity index (χ4v) is 5.10. The third kappa shape index (κ3) is 1.40. The van der Waals surface area contributed by atoms with Gasteiger partial charge in [0.15, 0.2) is 0 Å². The van der Waals surface area contributed by atoms with Gasteiger partial charge in [0, 0.05) is 6.04 Å². The van der Waals surface area contributed by atoms with Crippen molar-refractivity contribution in [3.63, 3.8) is 0 Å². The van der Waals surface area contributed by atoms with Gasteiger partial charge in [-0.05, 0) is 55.5 Å². The fraction of sp³-hybridized carbons (Fsp3) is 1.00. The summed E-state index contributed by atoms with van der Waals surface area (Å²) in [7, 11) is 0. The van der Waals surface area contributed by atoms with E-state index in [2.05, 4.69) is 25.7 Å². The molecule has 1 N–H and O–H groups in total. The smallest absolute Gasteiger partial charge is 0.0734 e. The Labute approximate surface area is 105 Å². The zero-order valence-electron chi connectivity index (χ0n) is 11.6. The lowest BCUT2D eigenvalue weighted by Crippen LogP contribution is -2.53. The minimum absolute atomic E-state index is 0.0816. The first-order valence-electron chi connectivity index (χ1n) is 7.40. The molecule has 2 aliphatic carbocycles. The minimum Gasteiger partial charge on any atom is -0.391 e. The van der Waals surface area contributed by atoms with Crippen LogP contribution in [0.1, 0.15) is 52.9 Å². The van der Waals surface area contributed by atoms with Gasteiger partial charge in [0.25, 0.3) is 0 Å². The molecule has 0 amide bonds. The number of aliphatic hydroxyl groups is 1. The molecule has 2 heteroatoms. The molecule has 98 valence electrons. The average molecular weight is 237 g/mol. The maximum atomic E-state index is 10.7. The summed E-state index contributed by atoms with van der Waals surface area (Å²) in [6.07, 6.45) is 6.48. The highest BCUT2D eigenvalue weighted by Crippen LogP contribution is 2.66. The topological polar surface area (TPSA) is 23.5 Å². The number of nitrogens with zero attached hydrogens (tertiary/aromatic N) is 1. The van der Waals surface area contributed by atoms with Crippen molar-refractivity contribution < 1.29 is 5.11 Å². The Morgan fingerprint density at radius 2 is 1.71 bits per heavy atom. The zero-order chi connectivity index (χ0) is 12.3. The largest absolute Gasteiger partial charge is 0.391 e. The van der Waals surface area contributed by atoms with E-state index in [0.29, 0.717) is 22.8 Å². The number of hydrogen-bond acceptors (Lipinski definition) is 2. The molecule has 3 fully saturated rings. The standard InChI is InChI=1S/C15H27NO/c1-14(2)11-7-8-15(14,3)13(12(11)17)16-9-5-4-6-10-16/h11-13,17H,4-10H2,1-3H3/t11-,12+,13-,15+/m1/s1. The lowest BCUT2D eigenvalue weighted by molar-refractivity contribution is -0.0256. The monoisotopic (exact) mass is 237 g/mol. The molecule has 0 aromatic rings. The van der Waals surface area contributed by atoms with Crippen LogP contribution in [0.25, 0.3) is 0 Å². The van der Waals surface area contributed by atoms with E-state index < -0.39 is 0 Å². The molecule has 2 saturated carbocycles. The van der Waals surface area contributed by atoms with Gasteiger partial charge < -0.3 is 5.11 Å². The van der Waals surface area contributed by atoms with E-state index in [1.165, 1.54) is 45.2 Å². The van der Waals surface area contributed by atoms with Gasteiger partial charge in [0.1, 0.15) is 0 Å². The molecule has 3 aliphatic rings. The zero-order valence-corrected chi connectivity index (χ0v) is 11.6. The molecule has 1 heterocycles. The van der Waals surface area contributed by atoms with Crippen molar-refractivity contribution in [1.82, 2.24) is 4.90 Å². The van der Waals surface area contributed by atoms with E-state index in [4.69, 9.17) is 0 Å². The molecule has 17 heavy (non-hydrogen) atoms. The third-order valence-electron chi connectivity index (χ3n) is 6.55. The first-order valence-corrected chi connectivity index (χ1v) is 7.40. The lowest BCUT2D eigenvalue weighted by atomic mass is 9.68. The highest BCUT2D eigenvalue weighted by atomic mass is 16.3. The van der Waals surface area contributed by atoms with Gasteiger partial charge in [-0.25, -0.2) is 0 Å². The maximum absolute atomic E-state index is 10.7. The summed E-state index contributed by atoms with van der Waals surface area (Å²) in [6, 6.07) is 0.427. The van der Waals surface area contributed by atoms with E-state index >= 15 is 0 Å². The van der Waals surface area contributed by atoms with Crippen molar-refractivity contribution in [2.45, 2.75) is 65.0 Å². The number of fused-ring (bicyclic) bond motifs is 2. The van der Waals surface area contributed by atoms with Gasteiger partial charge in [0.05, 0.1) is 6.10 Å². The van der Waals surface area contributed by atoms with E-state index in [9.17, 15) is 5.11 Å². The Hall–Kier alpha value is -0.0800. The van der Waals surface area contributed by atoms with Crippen molar-refractivity contribution in [2.75, 3.05) is 13.1 Å². The van der Waals surface area contributed by atoms with E-state index in [-0.39, 0.29) is 6.10 Å². The van der Waals surface area contributed by atoms with Gasteiger partial charge in [0.2, 0.25) is 0 Å². The van der Waals surface area contributed by atoms with Crippen molar-refractivity contribution in [2.24, 2.45) is 16.7 Å². The van der Waals surface area contributed by atoms with Crippen molar-refractivity contribution >= 4 is 0 Å². The van der Waals surface area contributed by atoms with Crippen LogP contribution in [0, 0.1) is 16.7 Å². The Morgan fingerprint density at radius 1 is 1.06 bits per heavy atom. The Morgan fingerprint density at radius 3 is 2.24 bits per heavy atom. The van der Waals surface area contributed by atoms with Crippen LogP contribution in [0.15, 0.2) is 0 Å². The summed E-state index contributed by atoms with van der Waals surface area (Å²) in [6.45, 7) is 9.62. The molecular weight excluding hydrogens is 210 g/mol. The predicted molar refractivity (Wildman–Crippen MR) is 69.8 cm³/mol. The molecular formula is C15H27NO. The van der Waals surface area contributed by atoms with Crippen LogP contribution in [0.3, 0.4) is 0 Å². The fourth-order valence-electron chi connectivity index (χ4n) is 5.10. The van der Waals surface area contributed by atoms with Gasteiger partial charge in [-0.1, -0.05) is 27.2 Å². The highest BCUT2D eigenvalue weighted by molar-refractivity contribution is 5.17. The van der Waals surface area contributed by atoms with Crippen LogP contribution in [0.5, 0.6) is 0 Å². The molecule has 0 aromatic heterocycles. The molecule has 2 nitrogen and oxygen atoms in total. The van der Waals surface area contributed by atoms with Gasteiger partial charge in [-0.3, -0.25) is 4.90 Å². The normalized spacial score (nSPS) is 49.8. The van der Waals surface area contributed by atoms with Crippen LogP contribution in [-0.4, -0.2) is 35.2 Å². The second kappa shape index (κ2) is 3.71. The average Bonchev–Trinajstić information content (AvgIpc) is 2.60. The highest BCUT2D eigenvalue weighted by Gasteiger charge is 2.66. The summed E-state index contributed by atoms with van der Waals surface area (Å²) in [5.74, 6) is 0.527. The van der Waals surface area contributed by atoms with Gasteiger partial charge >= 0.3 is 0 Å². The molecule has 3 rings (SSSR count). The van der Waals surface area contributed by atoms with Crippen molar-refractivity contribution in [3.05, 3.63) is 0 Å². The number of rotatable bonds is 1. The molecule has 1 saturated heterocycles. The molecule has 2 bridgehead atoms. The molecule has 0 radical (unpaired) electrons. The second-order valence-electron chi connectivity index (χ2n) is 7.32. The first kappa shape index (κ1) is 12.0.